The summed E-state index contributed by atoms with van der Waals surface area (Å²) < 4.78 is 6.59. The van der Waals surface area contributed by atoms with Crippen LogP contribution < -0.4 is 5.32 Å². The van der Waals surface area contributed by atoms with Gasteiger partial charge in [0.25, 0.3) is 0 Å². The van der Waals surface area contributed by atoms with E-state index in [1.807, 2.05) is 6.92 Å². The van der Waals surface area contributed by atoms with Crippen LogP contribution in [0.3, 0.4) is 0 Å². The van der Waals surface area contributed by atoms with Crippen molar-refractivity contribution in [3.8, 4) is 0 Å². The quantitative estimate of drug-likeness (QED) is 0.678. The number of amides is 1. The van der Waals surface area contributed by atoms with Gasteiger partial charge in [0, 0.05) is 18.5 Å². The summed E-state index contributed by atoms with van der Waals surface area (Å²) in [5.74, 6) is 0.231. The number of fused-ring (bicyclic) bond motifs is 1. The van der Waals surface area contributed by atoms with Crippen molar-refractivity contribution in [3.05, 3.63) is 40.7 Å². The van der Waals surface area contributed by atoms with Crippen molar-refractivity contribution in [1.82, 2.24) is 19.8 Å². The molecule has 1 aromatic carbocycles. The van der Waals surface area contributed by atoms with Crippen molar-refractivity contribution < 1.29 is 14.3 Å². The van der Waals surface area contributed by atoms with E-state index in [1.54, 1.807) is 35.7 Å². The van der Waals surface area contributed by atoms with E-state index in [-0.39, 0.29) is 11.9 Å². The molecule has 0 unspecified atom stereocenters. The molecule has 2 aromatic heterocycles. The lowest BCUT2D eigenvalue weighted by atomic mass is 10.2. The molecule has 25 heavy (non-hydrogen) atoms. The molecule has 0 spiro atoms. The van der Waals surface area contributed by atoms with Gasteiger partial charge in [-0.2, -0.15) is 9.61 Å². The van der Waals surface area contributed by atoms with Crippen molar-refractivity contribution in [2.45, 2.75) is 26.7 Å². The van der Waals surface area contributed by atoms with Crippen LogP contribution in [-0.2, 0) is 16.0 Å². The molecular formula is C16H17N5O3S. The summed E-state index contributed by atoms with van der Waals surface area (Å²) in [6, 6.07) is 6.60. The van der Waals surface area contributed by atoms with Gasteiger partial charge in [-0.05, 0) is 38.1 Å². The minimum absolute atomic E-state index is 0.119. The number of benzene rings is 1. The summed E-state index contributed by atoms with van der Waals surface area (Å²) in [5.41, 5.74) is 1.09. The molecule has 0 saturated heterocycles. The number of ether oxygens (including phenoxy) is 1. The van der Waals surface area contributed by atoms with Crippen LogP contribution in [0.15, 0.2) is 24.3 Å². The Kier molecular flexibility index (Phi) is 5.03. The van der Waals surface area contributed by atoms with Gasteiger partial charge in [-0.15, -0.1) is 10.2 Å². The van der Waals surface area contributed by atoms with Crippen LogP contribution in [0, 0.1) is 6.92 Å². The van der Waals surface area contributed by atoms with Gasteiger partial charge in [0.15, 0.2) is 5.82 Å². The molecule has 130 valence electrons. The van der Waals surface area contributed by atoms with Gasteiger partial charge in [0.2, 0.25) is 10.9 Å². The van der Waals surface area contributed by atoms with Crippen molar-refractivity contribution in [3.63, 3.8) is 0 Å². The number of aromatic nitrogens is 4. The monoisotopic (exact) mass is 359 g/mol. The first-order valence-electron chi connectivity index (χ1n) is 7.81. The fraction of sp³-hybridized carbons (Fsp3) is 0.312. The molecule has 0 aliphatic heterocycles. The SMILES string of the molecule is CCOC(=O)c1ccc(NC(=O)CCc2nn3c(C)nnc3s2)cc1. The molecule has 0 aliphatic carbocycles. The Morgan fingerprint density at radius 2 is 2.00 bits per heavy atom. The number of rotatable bonds is 6. The normalized spacial score (nSPS) is 10.8. The van der Waals surface area contributed by atoms with E-state index < -0.39 is 0 Å². The third-order valence-electron chi connectivity index (χ3n) is 3.43. The summed E-state index contributed by atoms with van der Waals surface area (Å²) in [5, 5.41) is 15.9. The molecule has 1 N–H and O–H groups in total. The fourth-order valence-electron chi connectivity index (χ4n) is 2.20. The summed E-state index contributed by atoms with van der Waals surface area (Å²) in [6.45, 7) is 3.91. The number of esters is 1. The first kappa shape index (κ1) is 17.0. The van der Waals surface area contributed by atoms with E-state index in [2.05, 4.69) is 20.6 Å². The van der Waals surface area contributed by atoms with Gasteiger partial charge in [-0.25, -0.2) is 4.79 Å². The molecule has 0 saturated carbocycles. The maximum absolute atomic E-state index is 12.1. The Morgan fingerprint density at radius 3 is 2.68 bits per heavy atom. The fourth-order valence-corrected chi connectivity index (χ4v) is 3.08. The highest BCUT2D eigenvalue weighted by atomic mass is 32.1. The van der Waals surface area contributed by atoms with Gasteiger partial charge in [0.05, 0.1) is 12.2 Å². The highest BCUT2D eigenvalue weighted by Crippen LogP contribution is 2.16. The number of anilines is 1. The second-order valence-corrected chi connectivity index (χ2v) is 6.32. The van der Waals surface area contributed by atoms with Crippen molar-refractivity contribution in [2.75, 3.05) is 11.9 Å². The molecule has 8 nitrogen and oxygen atoms in total. The van der Waals surface area contributed by atoms with Crippen molar-refractivity contribution >= 4 is 33.9 Å². The van der Waals surface area contributed by atoms with Gasteiger partial charge in [-0.3, -0.25) is 4.79 Å². The standard InChI is InChI=1S/C16H17N5O3S/c1-3-24-15(23)11-4-6-12(7-5-11)17-13(22)8-9-14-20-21-10(2)18-19-16(21)25-14/h4-7H,3,8-9H2,1-2H3,(H,17,22). The van der Waals surface area contributed by atoms with Crippen molar-refractivity contribution in [2.24, 2.45) is 0 Å². The first-order valence-corrected chi connectivity index (χ1v) is 8.63. The second kappa shape index (κ2) is 7.39. The predicted octanol–water partition coefficient (Wildman–Crippen LogP) is 2.24. The maximum atomic E-state index is 12.1. The Morgan fingerprint density at radius 1 is 1.24 bits per heavy atom. The smallest absolute Gasteiger partial charge is 0.338 e. The van der Waals surface area contributed by atoms with E-state index in [1.165, 1.54) is 11.3 Å². The van der Waals surface area contributed by atoms with Crippen molar-refractivity contribution in [1.29, 1.82) is 0 Å². The van der Waals surface area contributed by atoms with Crippen LogP contribution in [0.4, 0.5) is 5.69 Å². The molecule has 3 rings (SSSR count). The molecule has 0 bridgehead atoms. The number of hydrogen-bond acceptors (Lipinski definition) is 7. The van der Waals surface area contributed by atoms with Crippen LogP contribution in [0.2, 0.25) is 0 Å². The number of hydrogen-bond donors (Lipinski definition) is 1. The van der Waals surface area contributed by atoms with Crippen LogP contribution in [0.5, 0.6) is 0 Å². The number of carbonyl (C=O) groups excluding carboxylic acids is 2. The number of nitrogens with zero attached hydrogens (tertiary/aromatic N) is 4. The van der Waals surface area contributed by atoms with E-state index in [4.69, 9.17) is 4.74 Å². The van der Waals surface area contributed by atoms with Crippen LogP contribution >= 0.6 is 11.3 Å². The lowest BCUT2D eigenvalue weighted by molar-refractivity contribution is -0.116. The lowest BCUT2D eigenvalue weighted by Crippen LogP contribution is -2.12. The first-order chi connectivity index (χ1) is 12.1. The molecule has 0 radical (unpaired) electrons. The molecule has 0 aliphatic rings. The predicted molar refractivity (Wildman–Crippen MR) is 92.7 cm³/mol. The molecule has 0 fully saturated rings. The topological polar surface area (TPSA) is 98.5 Å². The number of aryl methyl sites for hydroxylation is 2. The van der Waals surface area contributed by atoms with Crippen LogP contribution in [0.25, 0.3) is 4.96 Å². The van der Waals surface area contributed by atoms with Crippen LogP contribution in [-0.4, -0.2) is 38.3 Å². The Hall–Kier alpha value is -2.81. The third-order valence-corrected chi connectivity index (χ3v) is 4.39. The molecule has 0 atom stereocenters. The zero-order valence-corrected chi connectivity index (χ0v) is 14.7. The number of carbonyl (C=O) groups is 2. The minimum Gasteiger partial charge on any atom is -0.462 e. The van der Waals surface area contributed by atoms with E-state index >= 15 is 0 Å². The lowest BCUT2D eigenvalue weighted by Gasteiger charge is -2.06. The Bertz CT molecular complexity index is 900. The highest BCUT2D eigenvalue weighted by molar-refractivity contribution is 7.16. The molecule has 2 heterocycles. The maximum Gasteiger partial charge on any atom is 0.338 e. The summed E-state index contributed by atoms with van der Waals surface area (Å²) >= 11 is 1.42. The molecule has 9 heteroatoms. The molecule has 3 aromatic rings. The summed E-state index contributed by atoms with van der Waals surface area (Å²) in [4.78, 5) is 24.4. The zero-order chi connectivity index (χ0) is 17.8. The summed E-state index contributed by atoms with van der Waals surface area (Å²) in [6.07, 6.45) is 0.836. The second-order valence-electron chi connectivity index (χ2n) is 5.28. The highest BCUT2D eigenvalue weighted by Gasteiger charge is 2.11. The summed E-state index contributed by atoms with van der Waals surface area (Å²) in [7, 11) is 0. The van der Waals surface area contributed by atoms with Gasteiger partial charge in [-0.1, -0.05) is 11.3 Å². The Labute approximate surface area is 147 Å². The Balaban J connectivity index is 1.54. The van der Waals surface area contributed by atoms with E-state index in [0.717, 1.165) is 15.8 Å². The number of nitrogens with one attached hydrogen (secondary N) is 1. The van der Waals surface area contributed by atoms with Gasteiger partial charge < -0.3 is 10.1 Å². The van der Waals surface area contributed by atoms with E-state index in [9.17, 15) is 9.59 Å². The third kappa shape index (κ3) is 4.00. The largest absolute Gasteiger partial charge is 0.462 e. The molecule has 1 amide bonds. The average molecular weight is 359 g/mol. The van der Waals surface area contributed by atoms with Crippen LogP contribution in [0.1, 0.15) is 34.5 Å². The minimum atomic E-state index is -0.376. The molecular weight excluding hydrogens is 342 g/mol. The zero-order valence-electron chi connectivity index (χ0n) is 13.9. The van der Waals surface area contributed by atoms with E-state index in [0.29, 0.717) is 30.7 Å². The average Bonchev–Trinajstić information content (AvgIpc) is 3.16. The van der Waals surface area contributed by atoms with Gasteiger partial charge in [0.1, 0.15) is 5.01 Å². The van der Waals surface area contributed by atoms with Gasteiger partial charge >= 0.3 is 5.97 Å².